The van der Waals surface area contributed by atoms with Crippen LogP contribution < -0.4 is 0 Å². The minimum atomic E-state index is 0.148. The third-order valence-electron chi connectivity index (χ3n) is 2.25. The van der Waals surface area contributed by atoms with Crippen LogP contribution in [0.2, 0.25) is 0 Å². The van der Waals surface area contributed by atoms with Crippen molar-refractivity contribution in [1.29, 1.82) is 0 Å². The lowest BCUT2D eigenvalue weighted by Gasteiger charge is -2.28. The van der Waals surface area contributed by atoms with Crippen molar-refractivity contribution in [1.82, 2.24) is 0 Å². The predicted octanol–water partition coefficient (Wildman–Crippen LogP) is 2.63. The lowest BCUT2D eigenvalue weighted by molar-refractivity contribution is 0.230. The highest BCUT2D eigenvalue weighted by Gasteiger charge is 2.26. The van der Waals surface area contributed by atoms with Crippen molar-refractivity contribution in [2.24, 2.45) is 10.4 Å². The summed E-state index contributed by atoms with van der Waals surface area (Å²) in [5, 5.41) is 0. The Morgan fingerprint density at radius 2 is 2.25 bits per heavy atom. The van der Waals surface area contributed by atoms with Crippen LogP contribution in [0.5, 0.6) is 0 Å². The summed E-state index contributed by atoms with van der Waals surface area (Å²) in [5.41, 5.74) is 0.148. The Morgan fingerprint density at radius 1 is 1.50 bits per heavy atom. The summed E-state index contributed by atoms with van der Waals surface area (Å²) >= 11 is 0. The van der Waals surface area contributed by atoms with Crippen LogP contribution in [0.25, 0.3) is 0 Å². The standard InChI is InChI=1S/C10H19NO/c1-4-6-10(2,3)9-11-7-5-8-12-9/h4-8H2,1-3H3. The number of rotatable bonds is 3. The topological polar surface area (TPSA) is 21.6 Å². The summed E-state index contributed by atoms with van der Waals surface area (Å²) in [6, 6.07) is 0. The largest absolute Gasteiger partial charge is 0.481 e. The fraction of sp³-hybridized carbons (Fsp3) is 0.900. The molecule has 0 unspecified atom stereocenters. The summed E-state index contributed by atoms with van der Waals surface area (Å²) in [7, 11) is 0. The first kappa shape index (κ1) is 9.56. The third-order valence-corrected chi connectivity index (χ3v) is 2.25. The zero-order chi connectivity index (χ0) is 9.03. The molecule has 0 spiro atoms. The van der Waals surface area contributed by atoms with Crippen molar-refractivity contribution < 1.29 is 4.74 Å². The quantitative estimate of drug-likeness (QED) is 0.636. The number of nitrogens with zero attached hydrogens (tertiary/aromatic N) is 1. The van der Waals surface area contributed by atoms with E-state index in [0.717, 1.165) is 31.9 Å². The minimum Gasteiger partial charge on any atom is -0.481 e. The van der Waals surface area contributed by atoms with Crippen LogP contribution in [0.1, 0.15) is 40.0 Å². The molecule has 0 atom stereocenters. The Labute approximate surface area is 75.0 Å². The third kappa shape index (κ3) is 2.23. The first-order valence-electron chi connectivity index (χ1n) is 4.84. The van der Waals surface area contributed by atoms with Gasteiger partial charge in [0.05, 0.1) is 6.61 Å². The zero-order valence-corrected chi connectivity index (χ0v) is 8.39. The van der Waals surface area contributed by atoms with E-state index in [2.05, 4.69) is 25.8 Å². The molecule has 12 heavy (non-hydrogen) atoms. The van der Waals surface area contributed by atoms with Crippen molar-refractivity contribution in [2.75, 3.05) is 13.2 Å². The van der Waals surface area contributed by atoms with E-state index < -0.39 is 0 Å². The number of hydrogen-bond donors (Lipinski definition) is 0. The van der Waals surface area contributed by atoms with Gasteiger partial charge in [-0.1, -0.05) is 27.2 Å². The molecule has 0 bridgehead atoms. The molecule has 0 aromatic rings. The van der Waals surface area contributed by atoms with E-state index in [4.69, 9.17) is 4.74 Å². The maximum absolute atomic E-state index is 5.55. The van der Waals surface area contributed by atoms with Crippen LogP contribution in [0.15, 0.2) is 4.99 Å². The molecular formula is C10H19NO. The van der Waals surface area contributed by atoms with Gasteiger partial charge in [-0.2, -0.15) is 0 Å². The highest BCUT2D eigenvalue weighted by atomic mass is 16.5. The van der Waals surface area contributed by atoms with E-state index >= 15 is 0 Å². The Kier molecular flexibility index (Phi) is 3.12. The second-order valence-corrected chi connectivity index (χ2v) is 4.02. The molecular weight excluding hydrogens is 150 g/mol. The maximum Gasteiger partial charge on any atom is 0.189 e. The average molecular weight is 169 g/mol. The summed E-state index contributed by atoms with van der Waals surface area (Å²) in [6.45, 7) is 8.42. The van der Waals surface area contributed by atoms with E-state index in [1.54, 1.807) is 0 Å². The van der Waals surface area contributed by atoms with Gasteiger partial charge in [0, 0.05) is 18.4 Å². The molecule has 0 fully saturated rings. The van der Waals surface area contributed by atoms with Gasteiger partial charge in [0.15, 0.2) is 5.90 Å². The lowest BCUT2D eigenvalue weighted by Crippen LogP contribution is -2.29. The van der Waals surface area contributed by atoms with Crippen LogP contribution in [0, 0.1) is 5.41 Å². The molecule has 0 saturated carbocycles. The molecule has 0 radical (unpaired) electrons. The molecule has 0 aromatic heterocycles. The number of hydrogen-bond acceptors (Lipinski definition) is 2. The molecule has 0 aliphatic carbocycles. The van der Waals surface area contributed by atoms with Gasteiger partial charge in [-0.3, -0.25) is 4.99 Å². The lowest BCUT2D eigenvalue weighted by atomic mass is 9.87. The van der Waals surface area contributed by atoms with Crippen molar-refractivity contribution >= 4 is 5.90 Å². The summed E-state index contributed by atoms with van der Waals surface area (Å²) < 4.78 is 5.55. The van der Waals surface area contributed by atoms with Crippen molar-refractivity contribution in [3.8, 4) is 0 Å². The summed E-state index contributed by atoms with van der Waals surface area (Å²) in [5.74, 6) is 0.968. The number of aliphatic imine (C=N–C) groups is 1. The average Bonchev–Trinajstić information content (AvgIpc) is 2.06. The normalized spacial score (nSPS) is 18.4. The van der Waals surface area contributed by atoms with Crippen LogP contribution in [-0.2, 0) is 4.74 Å². The Balaban J connectivity index is 2.59. The highest BCUT2D eigenvalue weighted by Crippen LogP contribution is 2.26. The van der Waals surface area contributed by atoms with Crippen molar-refractivity contribution in [3.63, 3.8) is 0 Å². The van der Waals surface area contributed by atoms with Crippen LogP contribution in [0.3, 0.4) is 0 Å². The van der Waals surface area contributed by atoms with E-state index in [1.165, 1.54) is 6.42 Å². The van der Waals surface area contributed by atoms with Gasteiger partial charge < -0.3 is 4.74 Å². The minimum absolute atomic E-state index is 0.148. The Bertz CT molecular complexity index is 173. The van der Waals surface area contributed by atoms with Crippen molar-refractivity contribution in [2.45, 2.75) is 40.0 Å². The smallest absolute Gasteiger partial charge is 0.189 e. The van der Waals surface area contributed by atoms with Gasteiger partial charge in [0.2, 0.25) is 0 Å². The van der Waals surface area contributed by atoms with Gasteiger partial charge in [-0.05, 0) is 6.42 Å². The molecule has 0 amide bonds. The molecule has 1 heterocycles. The second kappa shape index (κ2) is 3.92. The fourth-order valence-corrected chi connectivity index (χ4v) is 1.60. The molecule has 0 aromatic carbocycles. The Hall–Kier alpha value is -0.530. The molecule has 1 aliphatic heterocycles. The van der Waals surface area contributed by atoms with Gasteiger partial charge in [0.25, 0.3) is 0 Å². The van der Waals surface area contributed by atoms with Gasteiger partial charge in [-0.25, -0.2) is 0 Å². The monoisotopic (exact) mass is 169 g/mol. The first-order valence-corrected chi connectivity index (χ1v) is 4.84. The van der Waals surface area contributed by atoms with E-state index in [9.17, 15) is 0 Å². The predicted molar refractivity (Wildman–Crippen MR) is 51.6 cm³/mol. The highest BCUT2D eigenvalue weighted by molar-refractivity contribution is 5.82. The van der Waals surface area contributed by atoms with Gasteiger partial charge >= 0.3 is 0 Å². The Morgan fingerprint density at radius 3 is 2.75 bits per heavy atom. The molecule has 2 heteroatoms. The van der Waals surface area contributed by atoms with Crippen LogP contribution in [0.4, 0.5) is 0 Å². The van der Waals surface area contributed by atoms with Gasteiger partial charge in [0.1, 0.15) is 0 Å². The first-order chi connectivity index (χ1) is 5.67. The molecule has 0 saturated heterocycles. The van der Waals surface area contributed by atoms with Crippen LogP contribution in [-0.4, -0.2) is 19.0 Å². The molecule has 70 valence electrons. The van der Waals surface area contributed by atoms with E-state index in [-0.39, 0.29) is 5.41 Å². The van der Waals surface area contributed by atoms with E-state index in [0.29, 0.717) is 0 Å². The van der Waals surface area contributed by atoms with Crippen molar-refractivity contribution in [3.05, 3.63) is 0 Å². The molecule has 0 N–H and O–H groups in total. The summed E-state index contributed by atoms with van der Waals surface area (Å²) in [6.07, 6.45) is 3.42. The molecule has 1 rings (SSSR count). The van der Waals surface area contributed by atoms with E-state index in [1.807, 2.05) is 0 Å². The molecule has 1 aliphatic rings. The SMILES string of the molecule is CCCC(C)(C)C1=NCCCO1. The van der Waals surface area contributed by atoms with Crippen LogP contribution >= 0.6 is 0 Å². The number of ether oxygens (including phenoxy) is 1. The van der Waals surface area contributed by atoms with Gasteiger partial charge in [-0.15, -0.1) is 0 Å². The fourth-order valence-electron chi connectivity index (χ4n) is 1.60. The molecule has 2 nitrogen and oxygen atoms in total. The second-order valence-electron chi connectivity index (χ2n) is 4.02. The summed E-state index contributed by atoms with van der Waals surface area (Å²) in [4.78, 5) is 4.41. The zero-order valence-electron chi connectivity index (χ0n) is 8.39. The maximum atomic E-state index is 5.55.